The van der Waals surface area contributed by atoms with E-state index >= 15 is 0 Å². The number of piperidine rings is 1. The minimum Gasteiger partial charge on any atom is -0.369 e. The molecule has 2 N–H and O–H groups in total. The molecule has 1 aromatic carbocycles. The predicted molar refractivity (Wildman–Crippen MR) is 71.8 cm³/mol. The van der Waals surface area contributed by atoms with Gasteiger partial charge < -0.3 is 5.73 Å². The van der Waals surface area contributed by atoms with Gasteiger partial charge in [0.2, 0.25) is 15.9 Å². The van der Waals surface area contributed by atoms with Gasteiger partial charge >= 0.3 is 0 Å². The number of benzene rings is 1. The Morgan fingerprint density at radius 3 is 2.55 bits per heavy atom. The highest BCUT2D eigenvalue weighted by molar-refractivity contribution is 7.89. The molecule has 1 aliphatic rings. The molecule has 0 unspecified atom stereocenters. The highest BCUT2D eigenvalue weighted by atomic mass is 32.2. The van der Waals surface area contributed by atoms with Gasteiger partial charge in [-0.3, -0.25) is 4.79 Å². The fraction of sp³-hybridized carbons (Fsp3) is 0.385. The molecule has 20 heavy (non-hydrogen) atoms. The van der Waals surface area contributed by atoms with E-state index in [9.17, 15) is 13.2 Å². The Balaban J connectivity index is 2.20. The first-order chi connectivity index (χ1) is 9.45. The molecule has 1 fully saturated rings. The van der Waals surface area contributed by atoms with Crippen LogP contribution < -0.4 is 5.73 Å². The number of nitrogens with two attached hydrogens (primary N) is 1. The molecule has 0 atom stereocenters. The zero-order valence-corrected chi connectivity index (χ0v) is 11.6. The average molecular weight is 293 g/mol. The highest BCUT2D eigenvalue weighted by Gasteiger charge is 2.31. The molecule has 106 valence electrons. The lowest BCUT2D eigenvalue weighted by atomic mass is 9.98. The maximum Gasteiger partial charge on any atom is 0.243 e. The van der Waals surface area contributed by atoms with E-state index in [1.54, 1.807) is 12.1 Å². The van der Waals surface area contributed by atoms with Crippen LogP contribution in [0.25, 0.3) is 0 Å². The Bertz CT molecular complexity index is 656. The van der Waals surface area contributed by atoms with E-state index in [1.807, 2.05) is 6.07 Å². The summed E-state index contributed by atoms with van der Waals surface area (Å²) in [5.41, 5.74) is 5.53. The Labute approximate surface area is 117 Å². The third-order valence-corrected chi connectivity index (χ3v) is 5.35. The quantitative estimate of drug-likeness (QED) is 0.873. The van der Waals surface area contributed by atoms with Crippen molar-refractivity contribution in [1.29, 1.82) is 5.26 Å². The van der Waals surface area contributed by atoms with Crippen LogP contribution in [0.5, 0.6) is 0 Å². The average Bonchev–Trinajstić information content (AvgIpc) is 2.47. The SMILES string of the molecule is N#Cc1cccc(S(=O)(=O)N2CCC(C(N)=O)CC2)c1. The van der Waals surface area contributed by atoms with Crippen molar-refractivity contribution in [2.24, 2.45) is 11.7 Å². The molecule has 0 bridgehead atoms. The Morgan fingerprint density at radius 2 is 2.00 bits per heavy atom. The smallest absolute Gasteiger partial charge is 0.243 e. The first-order valence-electron chi connectivity index (χ1n) is 6.25. The normalized spacial score (nSPS) is 17.6. The molecule has 1 amide bonds. The van der Waals surface area contributed by atoms with E-state index in [-0.39, 0.29) is 29.8 Å². The number of hydrogen-bond donors (Lipinski definition) is 1. The van der Waals surface area contributed by atoms with E-state index in [0.717, 1.165) is 0 Å². The molecular formula is C13H15N3O3S. The standard InChI is InChI=1S/C13H15N3O3S/c14-9-10-2-1-3-12(8-10)20(18,19)16-6-4-11(5-7-16)13(15)17/h1-3,8,11H,4-7H2,(H2,15,17). The maximum atomic E-state index is 12.4. The van der Waals surface area contributed by atoms with Crippen molar-refractivity contribution < 1.29 is 13.2 Å². The van der Waals surface area contributed by atoms with Crippen LogP contribution in [0.15, 0.2) is 29.2 Å². The maximum absolute atomic E-state index is 12.4. The lowest BCUT2D eigenvalue weighted by Gasteiger charge is -2.29. The number of primary amides is 1. The molecule has 0 spiro atoms. The van der Waals surface area contributed by atoms with Crippen molar-refractivity contribution in [1.82, 2.24) is 4.31 Å². The fourth-order valence-electron chi connectivity index (χ4n) is 2.26. The van der Waals surface area contributed by atoms with Crippen LogP contribution in [0, 0.1) is 17.2 Å². The summed E-state index contributed by atoms with van der Waals surface area (Å²) < 4.78 is 26.2. The summed E-state index contributed by atoms with van der Waals surface area (Å²) in [6.07, 6.45) is 0.874. The molecular weight excluding hydrogens is 278 g/mol. The zero-order chi connectivity index (χ0) is 14.8. The molecule has 0 aromatic heterocycles. The number of sulfonamides is 1. The van der Waals surface area contributed by atoms with Crippen LogP contribution in [0.2, 0.25) is 0 Å². The van der Waals surface area contributed by atoms with Crippen molar-refractivity contribution in [2.75, 3.05) is 13.1 Å². The van der Waals surface area contributed by atoms with Gasteiger partial charge in [-0.2, -0.15) is 9.57 Å². The van der Waals surface area contributed by atoms with E-state index in [4.69, 9.17) is 11.0 Å². The largest absolute Gasteiger partial charge is 0.369 e. The summed E-state index contributed by atoms with van der Waals surface area (Å²) in [6.45, 7) is 0.541. The van der Waals surface area contributed by atoms with Gasteiger partial charge in [-0.25, -0.2) is 8.42 Å². The number of nitrogens with zero attached hydrogens (tertiary/aromatic N) is 2. The van der Waals surface area contributed by atoms with Crippen LogP contribution >= 0.6 is 0 Å². The molecule has 7 heteroatoms. The number of nitriles is 1. The van der Waals surface area contributed by atoms with Crippen LogP contribution in [0.1, 0.15) is 18.4 Å². The first kappa shape index (κ1) is 14.5. The summed E-state index contributed by atoms with van der Waals surface area (Å²) in [6, 6.07) is 7.84. The Morgan fingerprint density at radius 1 is 1.35 bits per heavy atom. The monoisotopic (exact) mass is 293 g/mol. The van der Waals surface area contributed by atoms with Gasteiger partial charge in [0.15, 0.2) is 0 Å². The molecule has 0 radical (unpaired) electrons. The number of carbonyl (C=O) groups is 1. The van der Waals surface area contributed by atoms with Crippen LogP contribution in [-0.2, 0) is 14.8 Å². The van der Waals surface area contributed by atoms with Crippen molar-refractivity contribution in [3.8, 4) is 6.07 Å². The lowest BCUT2D eigenvalue weighted by molar-refractivity contribution is -0.122. The minimum atomic E-state index is -3.61. The summed E-state index contributed by atoms with van der Waals surface area (Å²) in [4.78, 5) is 11.2. The van der Waals surface area contributed by atoms with Gasteiger partial charge in [0, 0.05) is 19.0 Å². The third kappa shape index (κ3) is 2.81. The molecule has 2 rings (SSSR count). The molecule has 1 aliphatic heterocycles. The Kier molecular flexibility index (Phi) is 4.06. The fourth-order valence-corrected chi connectivity index (χ4v) is 3.77. The molecule has 1 heterocycles. The van der Waals surface area contributed by atoms with E-state index in [0.29, 0.717) is 18.4 Å². The van der Waals surface area contributed by atoms with E-state index in [1.165, 1.54) is 16.4 Å². The second-order valence-corrected chi connectivity index (χ2v) is 6.66. The topological polar surface area (TPSA) is 104 Å². The van der Waals surface area contributed by atoms with Gasteiger partial charge in [-0.05, 0) is 31.0 Å². The van der Waals surface area contributed by atoms with Crippen molar-refractivity contribution >= 4 is 15.9 Å². The number of rotatable bonds is 3. The zero-order valence-electron chi connectivity index (χ0n) is 10.8. The van der Waals surface area contributed by atoms with Gasteiger partial charge in [-0.1, -0.05) is 6.07 Å². The molecule has 0 saturated carbocycles. The summed E-state index contributed by atoms with van der Waals surface area (Å²) in [5.74, 6) is -0.639. The molecule has 1 aromatic rings. The number of hydrogen-bond acceptors (Lipinski definition) is 4. The minimum absolute atomic E-state index is 0.106. The van der Waals surface area contributed by atoms with Crippen molar-refractivity contribution in [2.45, 2.75) is 17.7 Å². The third-order valence-electron chi connectivity index (χ3n) is 3.46. The molecule has 0 aliphatic carbocycles. The molecule has 6 nitrogen and oxygen atoms in total. The Hall–Kier alpha value is -1.91. The van der Waals surface area contributed by atoms with Crippen LogP contribution in [-0.4, -0.2) is 31.7 Å². The highest BCUT2D eigenvalue weighted by Crippen LogP contribution is 2.24. The van der Waals surface area contributed by atoms with Gasteiger partial charge in [0.1, 0.15) is 0 Å². The summed E-state index contributed by atoms with van der Waals surface area (Å²) in [5, 5.41) is 8.82. The van der Waals surface area contributed by atoms with E-state index in [2.05, 4.69) is 0 Å². The van der Waals surface area contributed by atoms with Gasteiger partial charge in [0.25, 0.3) is 0 Å². The number of amides is 1. The summed E-state index contributed by atoms with van der Waals surface area (Å²) >= 11 is 0. The van der Waals surface area contributed by atoms with Crippen molar-refractivity contribution in [3.63, 3.8) is 0 Å². The van der Waals surface area contributed by atoms with Crippen LogP contribution in [0.3, 0.4) is 0 Å². The summed E-state index contributed by atoms with van der Waals surface area (Å²) in [7, 11) is -3.61. The van der Waals surface area contributed by atoms with E-state index < -0.39 is 10.0 Å². The second kappa shape index (κ2) is 5.61. The van der Waals surface area contributed by atoms with Gasteiger partial charge in [0.05, 0.1) is 16.5 Å². The van der Waals surface area contributed by atoms with Crippen molar-refractivity contribution in [3.05, 3.63) is 29.8 Å². The molecule has 1 saturated heterocycles. The first-order valence-corrected chi connectivity index (χ1v) is 7.69. The number of carbonyl (C=O) groups excluding carboxylic acids is 1. The lowest BCUT2D eigenvalue weighted by Crippen LogP contribution is -2.41. The van der Waals surface area contributed by atoms with Crippen LogP contribution in [0.4, 0.5) is 0 Å². The predicted octanol–water partition coefficient (Wildman–Crippen LogP) is 0.444. The van der Waals surface area contributed by atoms with Gasteiger partial charge in [-0.15, -0.1) is 0 Å². The second-order valence-electron chi connectivity index (χ2n) is 4.72.